The van der Waals surface area contributed by atoms with Gasteiger partial charge in [0.1, 0.15) is 0 Å². The maximum absolute atomic E-state index is 11.6. The third-order valence-electron chi connectivity index (χ3n) is 2.32. The molecule has 0 saturated heterocycles. The van der Waals surface area contributed by atoms with Gasteiger partial charge in [-0.05, 0) is 30.9 Å². The van der Waals surface area contributed by atoms with Gasteiger partial charge in [-0.2, -0.15) is 0 Å². The van der Waals surface area contributed by atoms with E-state index in [-0.39, 0.29) is 10.9 Å². The van der Waals surface area contributed by atoms with Crippen LogP contribution < -0.4 is 4.72 Å². The fraction of sp³-hybridized carbons (Fsp3) is 0.444. The molecule has 0 aromatic carbocycles. The molecular weight excluding hydrogens is 234 g/mol. The fourth-order valence-electron chi connectivity index (χ4n) is 1.20. The number of carbonyl (C=O) groups is 1. The van der Waals surface area contributed by atoms with Crippen molar-refractivity contribution in [1.29, 1.82) is 0 Å². The maximum Gasteiger partial charge on any atom is 0.371 e. The average molecular weight is 245 g/mol. The van der Waals surface area contributed by atoms with Crippen molar-refractivity contribution in [3.05, 3.63) is 17.9 Å². The van der Waals surface area contributed by atoms with Gasteiger partial charge in [0.2, 0.25) is 10.9 Å². The van der Waals surface area contributed by atoms with Crippen molar-refractivity contribution in [2.45, 2.75) is 17.9 Å². The van der Waals surface area contributed by atoms with Crippen molar-refractivity contribution in [3.63, 3.8) is 0 Å². The SMILES string of the molecule is O=C(O)c1ccc(S(=O)(=O)NCC2CC2)o1. The molecule has 0 spiro atoms. The first-order valence-electron chi connectivity index (χ1n) is 4.82. The van der Waals surface area contributed by atoms with Crippen molar-refractivity contribution in [2.75, 3.05) is 6.54 Å². The molecule has 0 aliphatic heterocycles. The van der Waals surface area contributed by atoms with Crippen LogP contribution in [0.1, 0.15) is 23.4 Å². The van der Waals surface area contributed by atoms with Crippen molar-refractivity contribution in [3.8, 4) is 0 Å². The normalized spacial score (nSPS) is 16.2. The van der Waals surface area contributed by atoms with E-state index < -0.39 is 16.0 Å². The van der Waals surface area contributed by atoms with Crippen LogP contribution in [0.2, 0.25) is 0 Å². The molecule has 0 atom stereocenters. The van der Waals surface area contributed by atoms with E-state index in [1.165, 1.54) is 0 Å². The van der Waals surface area contributed by atoms with Crippen LogP contribution in [-0.4, -0.2) is 26.0 Å². The van der Waals surface area contributed by atoms with Crippen LogP contribution in [-0.2, 0) is 10.0 Å². The third kappa shape index (κ3) is 2.42. The van der Waals surface area contributed by atoms with E-state index >= 15 is 0 Å². The fourth-order valence-corrected chi connectivity index (χ4v) is 2.24. The predicted octanol–water partition coefficient (Wildman–Crippen LogP) is 0.666. The summed E-state index contributed by atoms with van der Waals surface area (Å²) < 4.78 is 30.3. The Labute approximate surface area is 92.3 Å². The molecule has 1 aromatic heterocycles. The summed E-state index contributed by atoms with van der Waals surface area (Å²) in [6.45, 7) is 0.380. The van der Waals surface area contributed by atoms with Crippen LogP contribution in [0.5, 0.6) is 0 Å². The molecule has 1 aromatic rings. The Morgan fingerprint density at radius 1 is 1.50 bits per heavy atom. The Bertz CT molecular complexity index is 500. The van der Waals surface area contributed by atoms with E-state index in [0.29, 0.717) is 12.5 Å². The molecule has 88 valence electrons. The molecule has 16 heavy (non-hydrogen) atoms. The molecule has 1 saturated carbocycles. The van der Waals surface area contributed by atoms with Crippen molar-refractivity contribution < 1.29 is 22.7 Å². The topological polar surface area (TPSA) is 96.6 Å². The monoisotopic (exact) mass is 245 g/mol. The second-order valence-electron chi connectivity index (χ2n) is 3.72. The summed E-state index contributed by atoms with van der Waals surface area (Å²) in [6, 6.07) is 2.26. The van der Waals surface area contributed by atoms with E-state index in [1.54, 1.807) is 0 Å². The number of hydrogen-bond acceptors (Lipinski definition) is 4. The van der Waals surface area contributed by atoms with Gasteiger partial charge < -0.3 is 9.52 Å². The van der Waals surface area contributed by atoms with Crippen LogP contribution in [0.4, 0.5) is 0 Å². The largest absolute Gasteiger partial charge is 0.475 e. The number of furan rings is 1. The lowest BCUT2D eigenvalue weighted by Crippen LogP contribution is -2.25. The summed E-state index contributed by atoms with van der Waals surface area (Å²) in [7, 11) is -3.71. The quantitative estimate of drug-likeness (QED) is 0.794. The van der Waals surface area contributed by atoms with Gasteiger partial charge in [-0.3, -0.25) is 0 Å². The van der Waals surface area contributed by atoms with Gasteiger partial charge in [0, 0.05) is 6.54 Å². The van der Waals surface area contributed by atoms with Crippen LogP contribution >= 0.6 is 0 Å². The van der Waals surface area contributed by atoms with Crippen LogP contribution in [0.25, 0.3) is 0 Å². The zero-order chi connectivity index (χ0) is 11.8. The smallest absolute Gasteiger partial charge is 0.371 e. The molecular formula is C9H11NO5S. The van der Waals surface area contributed by atoms with Gasteiger partial charge in [0.15, 0.2) is 0 Å². The minimum atomic E-state index is -3.71. The molecule has 1 aliphatic carbocycles. The second kappa shape index (κ2) is 3.91. The van der Waals surface area contributed by atoms with E-state index in [4.69, 9.17) is 9.52 Å². The molecule has 0 radical (unpaired) electrons. The van der Waals surface area contributed by atoms with Crippen molar-refractivity contribution >= 4 is 16.0 Å². The first kappa shape index (κ1) is 11.2. The van der Waals surface area contributed by atoms with E-state index in [2.05, 4.69) is 4.72 Å². The van der Waals surface area contributed by atoms with Crippen LogP contribution in [0.15, 0.2) is 21.6 Å². The summed E-state index contributed by atoms with van der Waals surface area (Å²) >= 11 is 0. The van der Waals surface area contributed by atoms with E-state index in [0.717, 1.165) is 25.0 Å². The zero-order valence-corrected chi connectivity index (χ0v) is 9.16. The molecule has 1 heterocycles. The van der Waals surface area contributed by atoms with Gasteiger partial charge in [-0.25, -0.2) is 17.9 Å². The third-order valence-corrected chi connectivity index (χ3v) is 3.61. The Morgan fingerprint density at radius 2 is 2.19 bits per heavy atom. The Balaban J connectivity index is 2.10. The van der Waals surface area contributed by atoms with Crippen molar-refractivity contribution in [1.82, 2.24) is 4.72 Å². The zero-order valence-electron chi connectivity index (χ0n) is 8.34. The Kier molecular flexibility index (Phi) is 2.73. The number of sulfonamides is 1. The summed E-state index contributed by atoms with van der Waals surface area (Å²) in [6.07, 6.45) is 2.06. The molecule has 2 N–H and O–H groups in total. The van der Waals surface area contributed by atoms with Crippen LogP contribution in [0.3, 0.4) is 0 Å². The maximum atomic E-state index is 11.6. The lowest BCUT2D eigenvalue weighted by Gasteiger charge is -2.01. The van der Waals surface area contributed by atoms with Gasteiger partial charge >= 0.3 is 5.97 Å². The van der Waals surface area contributed by atoms with Gasteiger partial charge in [0.05, 0.1) is 0 Å². The first-order chi connectivity index (χ1) is 7.49. The van der Waals surface area contributed by atoms with Crippen LogP contribution in [0, 0.1) is 5.92 Å². The Morgan fingerprint density at radius 3 is 2.69 bits per heavy atom. The summed E-state index contributed by atoms with van der Waals surface area (Å²) in [5.41, 5.74) is 0. The predicted molar refractivity (Wildman–Crippen MR) is 53.6 cm³/mol. The molecule has 7 heteroatoms. The van der Waals surface area contributed by atoms with E-state index in [9.17, 15) is 13.2 Å². The minimum absolute atomic E-state index is 0.356. The minimum Gasteiger partial charge on any atom is -0.475 e. The molecule has 2 rings (SSSR count). The first-order valence-corrected chi connectivity index (χ1v) is 6.30. The number of aromatic carboxylic acids is 1. The van der Waals surface area contributed by atoms with Gasteiger partial charge in [-0.15, -0.1) is 0 Å². The number of hydrogen-bond donors (Lipinski definition) is 2. The van der Waals surface area contributed by atoms with Gasteiger partial charge in [0.25, 0.3) is 10.0 Å². The van der Waals surface area contributed by atoms with Crippen molar-refractivity contribution in [2.24, 2.45) is 5.92 Å². The highest BCUT2D eigenvalue weighted by Crippen LogP contribution is 2.28. The molecule has 1 fully saturated rings. The summed E-state index contributed by atoms with van der Waals surface area (Å²) in [4.78, 5) is 10.5. The highest BCUT2D eigenvalue weighted by Gasteiger charge is 2.26. The molecule has 0 amide bonds. The number of carboxylic acids is 1. The highest BCUT2D eigenvalue weighted by molar-refractivity contribution is 7.89. The number of rotatable bonds is 5. The highest BCUT2D eigenvalue weighted by atomic mass is 32.2. The summed E-state index contributed by atoms with van der Waals surface area (Å²) in [5.74, 6) is -1.26. The standard InChI is InChI=1S/C9H11NO5S/c11-9(12)7-3-4-8(15-7)16(13,14)10-5-6-1-2-6/h3-4,6,10H,1-2,5H2,(H,11,12). The molecule has 6 nitrogen and oxygen atoms in total. The summed E-state index contributed by atoms with van der Waals surface area (Å²) in [5, 5.41) is 8.23. The number of carboxylic acid groups (broad SMARTS) is 1. The average Bonchev–Trinajstić information content (AvgIpc) is 2.89. The molecule has 0 unspecified atom stereocenters. The molecule has 0 bridgehead atoms. The molecule has 1 aliphatic rings. The lowest BCUT2D eigenvalue weighted by atomic mass is 10.4. The lowest BCUT2D eigenvalue weighted by molar-refractivity contribution is 0.0656. The number of nitrogens with one attached hydrogen (secondary N) is 1. The Hall–Kier alpha value is -1.34. The van der Waals surface area contributed by atoms with E-state index in [1.807, 2.05) is 0 Å². The second-order valence-corrected chi connectivity index (χ2v) is 5.42. The van der Waals surface area contributed by atoms with Gasteiger partial charge in [-0.1, -0.05) is 0 Å².